The third-order valence-corrected chi connectivity index (χ3v) is 16.9. The molecule has 1 aromatic carbocycles. The van der Waals surface area contributed by atoms with Gasteiger partial charge in [0.25, 0.3) is 5.91 Å². The standard InChI is InChI=1S/C52H77N7O13S3/c1-13-29(4)36(21-44(64)52(8,9)58(10)11)50(69)59(12)40(28(2)3)22-43(72-32(7)60)49-57-39(25-75-49)48(68)54-34(16-31(6)51(70)71)18-33-14-15-41(62)37(19-33)55-45(65)23-53-47(67)30(5)17-42(63)38-20-35(61)24-73-27-74-26-46(66)56-38/h14-15,19,25,28-31,34,36,38,40,43,62H,13,16-18,20-24,26-27H2,1-12H3,(H,53,67)(H,54,68)(H,55,65)(H,56,66)(H,70,71)/t29-,30?,31?,34+,36-,38?,40+,43+/m0/s1. The van der Waals surface area contributed by atoms with Crippen LogP contribution in [0.3, 0.4) is 0 Å². The number of rotatable bonds is 27. The van der Waals surface area contributed by atoms with Crippen molar-refractivity contribution in [2.75, 3.05) is 49.6 Å². The lowest BCUT2D eigenvalue weighted by Gasteiger charge is -2.38. The number of nitrogens with zero attached hydrogens (tertiary/aromatic N) is 3. The zero-order valence-electron chi connectivity index (χ0n) is 45.2. The van der Waals surface area contributed by atoms with Gasteiger partial charge in [-0.05, 0) is 70.3 Å². The molecule has 3 unspecified atom stereocenters. The van der Waals surface area contributed by atoms with Crippen molar-refractivity contribution in [1.29, 1.82) is 0 Å². The molecule has 0 saturated carbocycles. The van der Waals surface area contributed by atoms with Crippen molar-refractivity contribution < 1.29 is 62.9 Å². The second-order valence-corrected chi connectivity index (χ2v) is 23.7. The number of ketones is 3. The summed E-state index contributed by atoms with van der Waals surface area (Å²) in [6, 6.07) is 1.92. The maximum absolute atomic E-state index is 14.3. The monoisotopic (exact) mass is 1100 g/mol. The Balaban J connectivity index is 1.76. The minimum absolute atomic E-state index is 0.0305. The molecule has 6 N–H and O–H groups in total. The molecule has 0 aliphatic carbocycles. The molecule has 416 valence electrons. The number of carbonyl (C=O) groups is 10. The van der Waals surface area contributed by atoms with E-state index in [0.29, 0.717) is 22.1 Å². The topological polar surface area (TPSA) is 288 Å². The van der Waals surface area contributed by atoms with Crippen molar-refractivity contribution >= 4 is 99.4 Å². The van der Waals surface area contributed by atoms with Crippen molar-refractivity contribution in [2.24, 2.45) is 29.6 Å². The van der Waals surface area contributed by atoms with Crippen LogP contribution in [-0.2, 0) is 54.3 Å². The van der Waals surface area contributed by atoms with E-state index in [1.807, 2.05) is 60.5 Å². The highest BCUT2D eigenvalue weighted by atomic mass is 32.2. The highest BCUT2D eigenvalue weighted by Gasteiger charge is 2.39. The zero-order valence-corrected chi connectivity index (χ0v) is 47.7. The average molecular weight is 1100 g/mol. The van der Waals surface area contributed by atoms with E-state index in [-0.39, 0.29) is 96.5 Å². The number of likely N-dealkylation sites (N-methyl/N-ethyl adjacent to an activating group) is 1. The number of amides is 5. The number of hydrogen-bond donors (Lipinski definition) is 6. The zero-order chi connectivity index (χ0) is 56.5. The SMILES string of the molecule is CC[C@H](C)[C@H](CC(=O)C(C)(C)N(C)C)C(=O)N(C)[C@H](C[C@@H](OC(C)=O)c1nc(C(=O)N[C@@H](Cc2ccc(O)c(NC(=O)CNC(=O)C(C)CC(=O)C3CC(=O)CSCSCC(=O)N3)c2)CC(C)C(=O)O)cs1)C(C)C. The van der Waals surface area contributed by atoms with Crippen LogP contribution in [0.4, 0.5) is 5.69 Å². The lowest BCUT2D eigenvalue weighted by atomic mass is 9.81. The Bertz CT molecular complexity index is 2360. The maximum Gasteiger partial charge on any atom is 0.306 e. The average Bonchev–Trinajstić information content (AvgIpc) is 3.84. The van der Waals surface area contributed by atoms with Crippen molar-refractivity contribution in [2.45, 2.75) is 137 Å². The Kier molecular flexibility index (Phi) is 25.4. The number of carboxylic acid groups (broad SMARTS) is 1. The Morgan fingerprint density at radius 2 is 1.61 bits per heavy atom. The summed E-state index contributed by atoms with van der Waals surface area (Å²) in [4.78, 5) is 138. The normalized spacial score (nSPS) is 17.3. The highest BCUT2D eigenvalue weighted by Crippen LogP contribution is 2.33. The van der Waals surface area contributed by atoms with Crippen LogP contribution in [0.5, 0.6) is 5.75 Å². The maximum atomic E-state index is 14.3. The molecule has 1 aliphatic heterocycles. The molecule has 8 atom stereocenters. The Morgan fingerprint density at radius 1 is 0.947 bits per heavy atom. The molecule has 2 heterocycles. The number of benzene rings is 1. The number of aromatic nitrogens is 1. The summed E-state index contributed by atoms with van der Waals surface area (Å²) in [7, 11) is 5.33. The van der Waals surface area contributed by atoms with Gasteiger partial charge >= 0.3 is 11.9 Å². The smallest absolute Gasteiger partial charge is 0.306 e. The Labute approximate surface area is 452 Å². The summed E-state index contributed by atoms with van der Waals surface area (Å²) < 4.78 is 5.79. The van der Waals surface area contributed by atoms with Gasteiger partial charge < -0.3 is 41.1 Å². The molecule has 2 aromatic rings. The second-order valence-electron chi connectivity index (χ2n) is 20.5. The molecule has 75 heavy (non-hydrogen) atoms. The molecule has 1 aromatic heterocycles. The van der Waals surface area contributed by atoms with Crippen LogP contribution in [0.25, 0.3) is 0 Å². The van der Waals surface area contributed by atoms with E-state index in [2.05, 4.69) is 26.3 Å². The summed E-state index contributed by atoms with van der Waals surface area (Å²) in [5, 5.41) is 33.3. The number of phenolic OH excluding ortho intramolecular Hbond substituents is 1. The number of thioether (sulfide) groups is 2. The van der Waals surface area contributed by atoms with E-state index in [1.165, 1.54) is 67.9 Å². The predicted octanol–water partition coefficient (Wildman–Crippen LogP) is 5.27. The molecule has 1 aliphatic rings. The minimum Gasteiger partial charge on any atom is -0.506 e. The van der Waals surface area contributed by atoms with Crippen LogP contribution in [0, 0.1) is 29.6 Å². The summed E-state index contributed by atoms with van der Waals surface area (Å²) in [6.07, 6.45) is -0.587. The van der Waals surface area contributed by atoms with Gasteiger partial charge in [-0.3, -0.25) is 52.8 Å². The van der Waals surface area contributed by atoms with Crippen molar-refractivity contribution in [3.8, 4) is 5.75 Å². The molecule has 20 nitrogen and oxygen atoms in total. The van der Waals surface area contributed by atoms with Crippen LogP contribution < -0.4 is 21.3 Å². The summed E-state index contributed by atoms with van der Waals surface area (Å²) in [6.45, 7) is 15.1. The summed E-state index contributed by atoms with van der Waals surface area (Å²) in [5.74, 6) is -7.76. The van der Waals surface area contributed by atoms with Gasteiger partial charge in [-0.1, -0.05) is 54.0 Å². The molecule has 0 spiro atoms. The number of phenols is 1. The number of esters is 1. The number of thiazole rings is 1. The van der Waals surface area contributed by atoms with Crippen LogP contribution >= 0.6 is 34.9 Å². The third-order valence-electron chi connectivity index (χ3n) is 13.7. The highest BCUT2D eigenvalue weighted by molar-refractivity contribution is 8.16. The summed E-state index contributed by atoms with van der Waals surface area (Å²) >= 11 is 3.77. The molecule has 0 bridgehead atoms. The lowest BCUT2D eigenvalue weighted by molar-refractivity contribution is -0.150. The number of carbonyl (C=O) groups excluding carboxylic acids is 9. The number of anilines is 1. The van der Waals surface area contributed by atoms with Crippen molar-refractivity contribution in [1.82, 2.24) is 30.7 Å². The molecule has 23 heteroatoms. The van der Waals surface area contributed by atoms with Crippen LogP contribution in [0.2, 0.25) is 0 Å². The van der Waals surface area contributed by atoms with Crippen LogP contribution in [0.15, 0.2) is 23.6 Å². The third kappa shape index (κ3) is 19.9. The number of carboxylic acids is 1. The van der Waals surface area contributed by atoms with Gasteiger partial charge in [0.15, 0.2) is 17.7 Å². The van der Waals surface area contributed by atoms with Crippen LogP contribution in [0.1, 0.15) is 128 Å². The van der Waals surface area contributed by atoms with E-state index in [0.717, 1.165) is 11.3 Å². The van der Waals surface area contributed by atoms with Gasteiger partial charge in [-0.2, -0.15) is 0 Å². The van der Waals surface area contributed by atoms with Gasteiger partial charge in [-0.15, -0.1) is 34.9 Å². The fourth-order valence-electron chi connectivity index (χ4n) is 8.24. The first-order valence-electron chi connectivity index (χ1n) is 25.1. The lowest BCUT2D eigenvalue weighted by Crippen LogP contribution is -2.50. The van der Waals surface area contributed by atoms with Crippen molar-refractivity contribution in [3.05, 3.63) is 39.8 Å². The Morgan fingerprint density at radius 3 is 2.23 bits per heavy atom. The number of nitrogens with one attached hydrogen (secondary N) is 4. The van der Waals surface area contributed by atoms with Gasteiger partial charge in [0.05, 0.1) is 41.2 Å². The van der Waals surface area contributed by atoms with Gasteiger partial charge in [0, 0.05) is 74.0 Å². The molecule has 0 radical (unpaired) electrons. The molecule has 5 amide bonds. The van der Waals surface area contributed by atoms with Crippen LogP contribution in [-0.4, -0.2) is 152 Å². The van der Waals surface area contributed by atoms with E-state index in [9.17, 15) is 58.2 Å². The number of hydrogen-bond acceptors (Lipinski definition) is 17. The van der Waals surface area contributed by atoms with Gasteiger partial charge in [-0.25, -0.2) is 4.98 Å². The molecular formula is C52H77N7O13S3. The largest absolute Gasteiger partial charge is 0.506 e. The van der Waals surface area contributed by atoms with E-state index >= 15 is 0 Å². The van der Waals surface area contributed by atoms with Gasteiger partial charge in [0.2, 0.25) is 23.6 Å². The molecular weight excluding hydrogens is 1030 g/mol. The van der Waals surface area contributed by atoms with E-state index < -0.39 is 95.4 Å². The first-order chi connectivity index (χ1) is 35.0. The van der Waals surface area contributed by atoms with E-state index in [4.69, 9.17) is 4.74 Å². The Hall–Kier alpha value is -5.39. The number of ether oxygens (including phenoxy) is 1. The first-order valence-corrected chi connectivity index (χ1v) is 28.3. The van der Waals surface area contributed by atoms with Gasteiger partial charge in [0.1, 0.15) is 22.2 Å². The number of Topliss-reactive ketones (excluding diaryl/α,β-unsaturated/α-hetero) is 3. The quantitative estimate of drug-likeness (QED) is 0.0491. The summed E-state index contributed by atoms with van der Waals surface area (Å²) in [5.41, 5.74) is -0.378. The molecule has 3 rings (SSSR count). The van der Waals surface area contributed by atoms with Crippen molar-refractivity contribution in [3.63, 3.8) is 0 Å². The minimum atomic E-state index is -1.11. The fraction of sp³-hybridized carbons (Fsp3) is 0.635. The fourth-order valence-corrected chi connectivity index (χ4v) is 10.8. The first kappa shape index (κ1) is 63.9. The molecule has 1 fully saturated rings. The molecule has 1 saturated heterocycles. The predicted molar refractivity (Wildman–Crippen MR) is 289 cm³/mol. The number of aliphatic carboxylic acids is 1. The second kappa shape index (κ2) is 29.8. The van der Waals surface area contributed by atoms with E-state index in [1.54, 1.807) is 11.9 Å². The number of aromatic hydroxyl groups is 1.